The zero-order valence-electron chi connectivity index (χ0n) is 12.8. The zero-order chi connectivity index (χ0) is 17.1. The minimum absolute atomic E-state index is 0.00826. The average Bonchev–Trinajstić information content (AvgIpc) is 2.55. The van der Waals surface area contributed by atoms with Crippen LogP contribution in [-0.2, 0) is 9.53 Å². The van der Waals surface area contributed by atoms with Crippen LogP contribution in [0.25, 0.3) is 6.08 Å². The molecule has 0 fully saturated rings. The van der Waals surface area contributed by atoms with E-state index < -0.39 is 5.91 Å². The number of amides is 1. The number of ether oxygens (including phenoxy) is 2. The molecule has 0 aromatic heterocycles. The van der Waals surface area contributed by atoms with Gasteiger partial charge in [0.05, 0.1) is 0 Å². The first kappa shape index (κ1) is 18.8. The average molecular weight is 377 g/mol. The summed E-state index contributed by atoms with van der Waals surface area (Å²) in [5, 5.41) is 11.9. The Hall–Kier alpha value is -2.28. The SMILES string of the molecule is C#CCOc1ccc(Br)cc1/C=C(\C#N)C(=O)NCCCOC. The number of methoxy groups -OCH3 is 1. The Bertz CT molecular complexity index is 657. The molecule has 5 nitrogen and oxygen atoms in total. The molecule has 1 aromatic rings. The first-order chi connectivity index (χ1) is 11.1. The molecule has 0 aliphatic heterocycles. The Morgan fingerprint density at radius 1 is 1.52 bits per heavy atom. The summed E-state index contributed by atoms with van der Waals surface area (Å²) in [6, 6.07) is 7.16. The summed E-state index contributed by atoms with van der Waals surface area (Å²) in [7, 11) is 1.59. The number of hydrogen-bond donors (Lipinski definition) is 1. The molecule has 1 rings (SSSR count). The lowest BCUT2D eigenvalue weighted by atomic mass is 10.1. The number of nitrogens with one attached hydrogen (secondary N) is 1. The Kier molecular flexibility index (Phi) is 8.52. The summed E-state index contributed by atoms with van der Waals surface area (Å²) >= 11 is 3.35. The van der Waals surface area contributed by atoms with E-state index in [0.717, 1.165) is 4.47 Å². The highest BCUT2D eigenvalue weighted by molar-refractivity contribution is 9.10. The maximum Gasteiger partial charge on any atom is 0.261 e. The monoisotopic (exact) mass is 376 g/mol. The quantitative estimate of drug-likeness (QED) is 0.327. The molecule has 0 saturated heterocycles. The molecule has 0 unspecified atom stereocenters. The number of nitriles is 1. The fourth-order valence-electron chi connectivity index (χ4n) is 1.70. The molecule has 1 aromatic carbocycles. The van der Waals surface area contributed by atoms with E-state index in [9.17, 15) is 10.1 Å². The lowest BCUT2D eigenvalue weighted by Gasteiger charge is -2.08. The van der Waals surface area contributed by atoms with Crippen molar-refractivity contribution in [2.75, 3.05) is 26.9 Å². The van der Waals surface area contributed by atoms with E-state index in [1.54, 1.807) is 25.3 Å². The van der Waals surface area contributed by atoms with Crippen LogP contribution >= 0.6 is 15.9 Å². The topological polar surface area (TPSA) is 71.3 Å². The summed E-state index contributed by atoms with van der Waals surface area (Å²) < 4.78 is 11.1. The number of terminal acetylenes is 1. The predicted octanol–water partition coefficient (Wildman–Crippen LogP) is 2.52. The van der Waals surface area contributed by atoms with Crippen LogP contribution in [0, 0.1) is 23.7 Å². The van der Waals surface area contributed by atoms with Crippen LogP contribution in [-0.4, -0.2) is 32.8 Å². The molecule has 120 valence electrons. The van der Waals surface area contributed by atoms with E-state index in [1.165, 1.54) is 6.08 Å². The van der Waals surface area contributed by atoms with Gasteiger partial charge in [0.15, 0.2) is 0 Å². The Labute approximate surface area is 144 Å². The van der Waals surface area contributed by atoms with Gasteiger partial charge in [-0.1, -0.05) is 21.9 Å². The van der Waals surface area contributed by atoms with E-state index in [-0.39, 0.29) is 12.2 Å². The van der Waals surface area contributed by atoms with Crippen LogP contribution in [0.5, 0.6) is 5.75 Å². The van der Waals surface area contributed by atoms with E-state index in [0.29, 0.717) is 30.9 Å². The summed E-state index contributed by atoms with van der Waals surface area (Å²) in [6.45, 7) is 1.08. The van der Waals surface area contributed by atoms with Crippen molar-refractivity contribution in [3.63, 3.8) is 0 Å². The van der Waals surface area contributed by atoms with Gasteiger partial charge in [-0.2, -0.15) is 5.26 Å². The largest absolute Gasteiger partial charge is 0.480 e. The number of carbonyl (C=O) groups is 1. The van der Waals surface area contributed by atoms with Crippen molar-refractivity contribution in [2.45, 2.75) is 6.42 Å². The molecule has 0 saturated carbocycles. The highest BCUT2D eigenvalue weighted by atomic mass is 79.9. The second-order valence-electron chi connectivity index (χ2n) is 4.45. The molecular weight excluding hydrogens is 360 g/mol. The number of benzene rings is 1. The maximum absolute atomic E-state index is 12.0. The minimum atomic E-state index is -0.438. The van der Waals surface area contributed by atoms with Gasteiger partial charge in [0.2, 0.25) is 0 Å². The van der Waals surface area contributed by atoms with Gasteiger partial charge in [0.1, 0.15) is 24.0 Å². The molecule has 0 heterocycles. The van der Waals surface area contributed by atoms with Crippen molar-refractivity contribution in [1.29, 1.82) is 5.26 Å². The van der Waals surface area contributed by atoms with Crippen LogP contribution in [0.3, 0.4) is 0 Å². The van der Waals surface area contributed by atoms with Gasteiger partial charge in [0.25, 0.3) is 5.91 Å². The Balaban J connectivity index is 2.92. The molecule has 0 atom stereocenters. The lowest BCUT2D eigenvalue weighted by molar-refractivity contribution is -0.117. The number of halogens is 1. The number of rotatable bonds is 8. The Morgan fingerprint density at radius 2 is 2.30 bits per heavy atom. The van der Waals surface area contributed by atoms with Crippen molar-refractivity contribution < 1.29 is 14.3 Å². The molecule has 1 amide bonds. The van der Waals surface area contributed by atoms with Crippen molar-refractivity contribution in [3.8, 4) is 24.2 Å². The van der Waals surface area contributed by atoms with Crippen LogP contribution in [0.15, 0.2) is 28.2 Å². The van der Waals surface area contributed by atoms with Crippen molar-refractivity contribution in [1.82, 2.24) is 5.32 Å². The number of nitrogens with zero attached hydrogens (tertiary/aromatic N) is 1. The second kappa shape index (κ2) is 10.4. The predicted molar refractivity (Wildman–Crippen MR) is 91.6 cm³/mol. The van der Waals surface area contributed by atoms with Gasteiger partial charge >= 0.3 is 0 Å². The van der Waals surface area contributed by atoms with Crippen LogP contribution < -0.4 is 10.1 Å². The van der Waals surface area contributed by atoms with Crippen molar-refractivity contribution in [3.05, 3.63) is 33.8 Å². The van der Waals surface area contributed by atoms with Crippen molar-refractivity contribution in [2.24, 2.45) is 0 Å². The highest BCUT2D eigenvalue weighted by Gasteiger charge is 2.11. The highest BCUT2D eigenvalue weighted by Crippen LogP contribution is 2.25. The molecule has 0 radical (unpaired) electrons. The van der Waals surface area contributed by atoms with Gasteiger partial charge < -0.3 is 14.8 Å². The van der Waals surface area contributed by atoms with Gasteiger partial charge in [0, 0.05) is 30.3 Å². The molecule has 23 heavy (non-hydrogen) atoms. The van der Waals surface area contributed by atoms with E-state index in [1.807, 2.05) is 6.07 Å². The first-order valence-electron chi connectivity index (χ1n) is 6.87. The summed E-state index contributed by atoms with van der Waals surface area (Å²) in [5.41, 5.74) is 0.587. The lowest BCUT2D eigenvalue weighted by Crippen LogP contribution is -2.26. The maximum atomic E-state index is 12.0. The summed E-state index contributed by atoms with van der Waals surface area (Å²) in [6.07, 6.45) is 7.33. The molecule has 0 bridgehead atoms. The summed E-state index contributed by atoms with van der Waals surface area (Å²) in [5.74, 6) is 2.44. The Morgan fingerprint density at radius 3 is 2.96 bits per heavy atom. The van der Waals surface area contributed by atoms with E-state index in [2.05, 4.69) is 27.2 Å². The minimum Gasteiger partial charge on any atom is -0.480 e. The smallest absolute Gasteiger partial charge is 0.261 e. The zero-order valence-corrected chi connectivity index (χ0v) is 14.4. The fourth-order valence-corrected chi connectivity index (χ4v) is 2.08. The molecule has 0 aliphatic rings. The van der Waals surface area contributed by atoms with Gasteiger partial charge in [-0.3, -0.25) is 4.79 Å². The molecule has 0 spiro atoms. The molecule has 0 aliphatic carbocycles. The molecule has 6 heteroatoms. The van der Waals surface area contributed by atoms with Crippen LogP contribution in [0.4, 0.5) is 0 Å². The van der Waals surface area contributed by atoms with Crippen LogP contribution in [0.2, 0.25) is 0 Å². The van der Waals surface area contributed by atoms with E-state index in [4.69, 9.17) is 15.9 Å². The van der Waals surface area contributed by atoms with Gasteiger partial charge in [-0.05, 0) is 30.7 Å². The van der Waals surface area contributed by atoms with Crippen LogP contribution in [0.1, 0.15) is 12.0 Å². The molecule has 1 N–H and O–H groups in total. The second-order valence-corrected chi connectivity index (χ2v) is 5.36. The normalized spacial score (nSPS) is 10.5. The first-order valence-corrected chi connectivity index (χ1v) is 7.66. The van der Waals surface area contributed by atoms with E-state index >= 15 is 0 Å². The number of carbonyl (C=O) groups excluding carboxylic acids is 1. The molecular formula is C17H17BrN2O3. The standard InChI is InChI=1S/C17H17BrN2O3/c1-3-8-23-16-6-5-15(18)11-13(16)10-14(12-19)17(21)20-7-4-9-22-2/h1,5-6,10-11H,4,7-9H2,2H3,(H,20,21)/b14-10+. The third-order valence-corrected chi connectivity index (χ3v) is 3.25. The van der Waals surface area contributed by atoms with Crippen molar-refractivity contribution >= 4 is 27.9 Å². The number of hydrogen-bond acceptors (Lipinski definition) is 4. The third-order valence-electron chi connectivity index (χ3n) is 2.76. The third kappa shape index (κ3) is 6.56. The fraction of sp³-hybridized carbons (Fsp3) is 0.294. The summed E-state index contributed by atoms with van der Waals surface area (Å²) in [4.78, 5) is 12.0. The van der Waals surface area contributed by atoms with Gasteiger partial charge in [-0.25, -0.2) is 0 Å². The van der Waals surface area contributed by atoms with Gasteiger partial charge in [-0.15, -0.1) is 6.42 Å².